The predicted octanol–water partition coefficient (Wildman–Crippen LogP) is 2.31. The summed E-state index contributed by atoms with van der Waals surface area (Å²) >= 11 is 0. The van der Waals surface area contributed by atoms with Crippen LogP contribution in [-0.4, -0.2) is 0 Å². The van der Waals surface area contributed by atoms with Crippen molar-refractivity contribution in [1.82, 2.24) is 0 Å². The Morgan fingerprint density at radius 3 is 3.30 bits per heavy atom. The summed E-state index contributed by atoms with van der Waals surface area (Å²) in [6, 6.07) is 6.22. The molecule has 0 atom stereocenters. The Kier molecular flexibility index (Phi) is 2.22. The van der Waals surface area contributed by atoms with Gasteiger partial charge in [-0.2, -0.15) is 11.4 Å². The molecule has 0 fully saturated rings. The van der Waals surface area contributed by atoms with Gasteiger partial charge in [0.25, 0.3) is 0 Å². The number of hydrogen-bond donors (Lipinski definition) is 0. The molecule has 0 N–H and O–H groups in total. The standard InChI is InChI=1S/C8H7NO/c1-2-5-9-7-8-4-3-6-10-8/h2-6H,1H2. The van der Waals surface area contributed by atoms with Crippen LogP contribution >= 0.6 is 0 Å². The molecule has 1 rings (SSSR count). The fourth-order valence-corrected chi connectivity index (χ4v) is 0.496. The third-order valence-corrected chi connectivity index (χ3v) is 0.876. The van der Waals surface area contributed by atoms with E-state index in [9.17, 15) is 0 Å². The average molecular weight is 133 g/mol. The van der Waals surface area contributed by atoms with Crippen LogP contribution in [-0.2, 0) is 0 Å². The van der Waals surface area contributed by atoms with Crippen molar-refractivity contribution in [2.24, 2.45) is 0 Å². The van der Waals surface area contributed by atoms with Gasteiger partial charge in [0, 0.05) is 0 Å². The number of hydrogen-bond acceptors (Lipinski definition) is 1. The van der Waals surface area contributed by atoms with Gasteiger partial charge in [-0.1, -0.05) is 6.08 Å². The van der Waals surface area contributed by atoms with E-state index in [1.54, 1.807) is 31.0 Å². The second kappa shape index (κ2) is 3.41. The molecule has 10 heavy (non-hydrogen) atoms. The third-order valence-electron chi connectivity index (χ3n) is 0.876. The zero-order valence-electron chi connectivity index (χ0n) is 5.45. The molecular formula is C8H7NO. The van der Waals surface area contributed by atoms with Gasteiger partial charge in [0.2, 0.25) is 6.07 Å². The maximum Gasteiger partial charge on any atom is 0.201 e. The Bertz CT molecular complexity index is 251. The first kappa shape index (κ1) is 6.50. The van der Waals surface area contributed by atoms with Gasteiger partial charge in [-0.15, -0.1) is 0 Å². The number of rotatable bonds is 1. The van der Waals surface area contributed by atoms with E-state index in [0.29, 0.717) is 5.76 Å². The van der Waals surface area contributed by atoms with Crippen molar-refractivity contribution >= 4 is 0 Å². The maximum absolute atomic E-state index is 4.92. The minimum atomic E-state index is 0.623. The lowest BCUT2D eigenvalue weighted by atomic mass is 10.5. The van der Waals surface area contributed by atoms with Gasteiger partial charge in [-0.05, 0) is 12.1 Å². The highest BCUT2D eigenvalue weighted by Gasteiger charge is 1.87. The second-order valence-electron chi connectivity index (χ2n) is 1.60. The van der Waals surface area contributed by atoms with Crippen molar-refractivity contribution in [2.45, 2.75) is 0 Å². The van der Waals surface area contributed by atoms with Crippen LogP contribution in [0.1, 0.15) is 5.76 Å². The third kappa shape index (κ3) is 1.71. The topological polar surface area (TPSA) is 17.5 Å². The number of furan rings is 1. The molecule has 0 bridgehead atoms. The Morgan fingerprint density at radius 1 is 1.80 bits per heavy atom. The normalized spacial score (nSPS) is 7.60. The zero-order valence-corrected chi connectivity index (χ0v) is 5.45. The minimum Gasteiger partial charge on any atom is -0.464 e. The molecule has 50 valence electrons. The van der Waals surface area contributed by atoms with Gasteiger partial charge in [0.05, 0.1) is 6.26 Å². The van der Waals surface area contributed by atoms with Gasteiger partial charge in [0.1, 0.15) is 0 Å². The first-order chi connectivity index (χ1) is 4.93. The lowest BCUT2D eigenvalue weighted by Gasteiger charge is -1.70. The molecule has 0 saturated carbocycles. The lowest BCUT2D eigenvalue weighted by molar-refractivity contribution is 0.554. The van der Waals surface area contributed by atoms with Gasteiger partial charge in [0.15, 0.2) is 12.3 Å². The second-order valence-corrected chi connectivity index (χ2v) is 1.60. The molecule has 0 unspecified atom stereocenters. The first-order valence-electron chi connectivity index (χ1n) is 2.87. The molecule has 1 heterocycles. The Labute approximate surface area is 59.6 Å². The van der Waals surface area contributed by atoms with Crippen LogP contribution in [0.25, 0.3) is 4.85 Å². The van der Waals surface area contributed by atoms with E-state index in [0.717, 1.165) is 0 Å². The summed E-state index contributed by atoms with van der Waals surface area (Å²) in [5.41, 5.74) is 0. The molecule has 0 aliphatic rings. The predicted molar refractivity (Wildman–Crippen MR) is 39.6 cm³/mol. The van der Waals surface area contributed by atoms with Gasteiger partial charge in [-0.3, -0.25) is 0 Å². The summed E-state index contributed by atoms with van der Waals surface area (Å²) in [7, 11) is 0. The molecule has 0 spiro atoms. The highest BCUT2D eigenvalue weighted by atomic mass is 16.3. The molecule has 0 radical (unpaired) electrons. The first-order valence-corrected chi connectivity index (χ1v) is 2.87. The highest BCUT2D eigenvalue weighted by molar-refractivity contribution is 5.21. The summed E-state index contributed by atoms with van der Waals surface area (Å²) < 4.78 is 4.92. The van der Waals surface area contributed by atoms with Crippen molar-refractivity contribution in [1.29, 1.82) is 0 Å². The van der Waals surface area contributed by atoms with Crippen LogP contribution in [0, 0.1) is 12.6 Å². The Morgan fingerprint density at radius 2 is 2.70 bits per heavy atom. The van der Waals surface area contributed by atoms with Crippen LogP contribution in [0.3, 0.4) is 0 Å². The van der Waals surface area contributed by atoms with E-state index in [2.05, 4.69) is 17.5 Å². The summed E-state index contributed by atoms with van der Waals surface area (Å²) in [5, 5.41) is 0. The Hall–Kier alpha value is -1.62. The fraction of sp³-hybridized carbons (Fsp3) is 0. The van der Waals surface area contributed by atoms with E-state index < -0.39 is 0 Å². The highest BCUT2D eigenvalue weighted by Crippen LogP contribution is 1.96. The molecule has 1 aromatic rings. The molecule has 0 saturated heterocycles. The molecule has 1 aromatic heterocycles. The molecule has 0 aromatic carbocycles. The molecule has 0 aliphatic heterocycles. The molecule has 0 aliphatic carbocycles. The van der Waals surface area contributed by atoms with E-state index in [1.807, 2.05) is 0 Å². The lowest BCUT2D eigenvalue weighted by Crippen LogP contribution is -1.59. The van der Waals surface area contributed by atoms with E-state index >= 15 is 0 Å². The van der Waals surface area contributed by atoms with Gasteiger partial charge < -0.3 is 4.42 Å². The molecule has 2 heteroatoms. The van der Waals surface area contributed by atoms with Gasteiger partial charge in [-0.25, -0.2) is 0 Å². The zero-order chi connectivity index (χ0) is 7.23. The van der Waals surface area contributed by atoms with Crippen LogP contribution < -0.4 is 0 Å². The van der Waals surface area contributed by atoms with Crippen LogP contribution in [0.5, 0.6) is 0 Å². The van der Waals surface area contributed by atoms with Crippen LogP contribution in [0.15, 0.2) is 35.5 Å². The van der Waals surface area contributed by atoms with Crippen molar-refractivity contribution < 1.29 is 4.42 Å². The minimum absolute atomic E-state index is 0.623. The summed E-state index contributed by atoms with van der Waals surface area (Å²) in [6.07, 6.45) is 3.15. The quantitative estimate of drug-likeness (QED) is 0.537. The smallest absolute Gasteiger partial charge is 0.201 e. The van der Waals surface area contributed by atoms with Crippen LogP contribution in [0.4, 0.5) is 0 Å². The molecule has 0 amide bonds. The van der Waals surface area contributed by atoms with Crippen LogP contribution in [0.2, 0.25) is 0 Å². The van der Waals surface area contributed by atoms with Crippen molar-refractivity contribution in [3.05, 3.63) is 48.2 Å². The fourth-order valence-electron chi connectivity index (χ4n) is 0.496. The van der Waals surface area contributed by atoms with E-state index in [4.69, 9.17) is 4.42 Å². The van der Waals surface area contributed by atoms with Crippen molar-refractivity contribution in [3.63, 3.8) is 0 Å². The number of nitrogens with zero attached hydrogens (tertiary/aromatic N) is 1. The molecular weight excluding hydrogens is 126 g/mol. The van der Waals surface area contributed by atoms with Crippen molar-refractivity contribution in [2.75, 3.05) is 0 Å². The maximum atomic E-state index is 4.92. The average Bonchev–Trinajstić information content (AvgIpc) is 2.41. The summed E-state index contributed by atoms with van der Waals surface area (Å²) in [5.74, 6) is 0.623. The summed E-state index contributed by atoms with van der Waals surface area (Å²) in [4.78, 5) is 3.75. The summed E-state index contributed by atoms with van der Waals surface area (Å²) in [6.45, 7) is 5.00. The largest absolute Gasteiger partial charge is 0.464 e. The SMILES string of the molecule is C=C[CH-][N+]#Cc1ccco1. The monoisotopic (exact) mass is 133 g/mol. The Balaban J connectivity index is 2.57. The van der Waals surface area contributed by atoms with E-state index in [1.165, 1.54) is 0 Å². The van der Waals surface area contributed by atoms with Gasteiger partial charge >= 0.3 is 0 Å². The molecule has 2 nitrogen and oxygen atoms in total. The van der Waals surface area contributed by atoms with E-state index in [-0.39, 0.29) is 0 Å². The van der Waals surface area contributed by atoms with Crippen molar-refractivity contribution in [3.8, 4) is 6.07 Å².